The van der Waals surface area contributed by atoms with Crippen LogP contribution < -0.4 is 5.32 Å². The molecule has 0 bridgehead atoms. The second-order valence-electron chi connectivity index (χ2n) is 1.80. The van der Waals surface area contributed by atoms with Crippen LogP contribution in [-0.2, 0) is 4.79 Å². The van der Waals surface area contributed by atoms with Crippen molar-refractivity contribution in [2.75, 3.05) is 6.54 Å². The first kappa shape index (κ1) is 13.2. The normalized spacial score (nSPS) is 12.8. The number of nitrogens with one attached hydrogen (secondary N) is 1. The third-order valence-electron chi connectivity index (χ3n) is 0.707. The lowest BCUT2D eigenvalue weighted by Gasteiger charge is -2.15. The minimum atomic E-state index is -2.03. The van der Waals surface area contributed by atoms with E-state index in [9.17, 15) is 4.79 Å². The van der Waals surface area contributed by atoms with Gasteiger partial charge in [0.1, 0.15) is 0 Å². The second kappa shape index (κ2) is 4.63. The van der Waals surface area contributed by atoms with E-state index in [0.717, 1.165) is 0 Å². The summed E-state index contributed by atoms with van der Waals surface area (Å²) in [6, 6.07) is 0. The van der Waals surface area contributed by atoms with Gasteiger partial charge in [0, 0.05) is 0 Å². The molecule has 2 nitrogen and oxygen atoms in total. The Morgan fingerprint density at radius 1 is 1.08 bits per heavy atom. The largest absolute Gasteiger partial charge is 0.348 e. The molecular weight excluding hydrogens is 291 g/mol. The second-order valence-corrected chi connectivity index (χ2v) is 6.59. The number of alkyl halides is 6. The van der Waals surface area contributed by atoms with E-state index in [-0.39, 0.29) is 6.54 Å². The minimum absolute atomic E-state index is 0.218. The van der Waals surface area contributed by atoms with Gasteiger partial charge in [-0.1, -0.05) is 69.6 Å². The van der Waals surface area contributed by atoms with Gasteiger partial charge in [0.05, 0.1) is 6.54 Å². The van der Waals surface area contributed by atoms with Crippen LogP contribution in [-0.4, -0.2) is 20.0 Å². The fraction of sp³-hybridized carbons (Fsp3) is 0.750. The van der Waals surface area contributed by atoms with Gasteiger partial charge in [0.25, 0.3) is 9.70 Å². The highest BCUT2D eigenvalue weighted by Crippen LogP contribution is 2.28. The van der Waals surface area contributed by atoms with Crippen LogP contribution in [0.4, 0.5) is 0 Å². The van der Waals surface area contributed by atoms with Crippen LogP contribution >= 0.6 is 69.6 Å². The summed E-state index contributed by atoms with van der Waals surface area (Å²) >= 11 is 31.5. The molecule has 1 amide bonds. The van der Waals surface area contributed by atoms with Gasteiger partial charge in [0.15, 0.2) is 0 Å². The van der Waals surface area contributed by atoms with Crippen molar-refractivity contribution >= 4 is 75.5 Å². The third-order valence-corrected chi connectivity index (χ3v) is 1.62. The van der Waals surface area contributed by atoms with Crippen LogP contribution in [0.3, 0.4) is 0 Å². The number of halogens is 6. The maximum Gasteiger partial charge on any atom is 0.272 e. The molecule has 0 spiro atoms. The predicted molar refractivity (Wildman–Crippen MR) is 53.6 cm³/mol. The molecule has 0 saturated carbocycles. The first-order chi connectivity index (χ1) is 5.13. The SMILES string of the molecule is O=C(NCC(Cl)(Cl)Cl)C(Cl)(Cl)Cl. The molecule has 0 heterocycles. The molecular formula is C4H3Cl6NO. The molecule has 8 heteroatoms. The molecule has 0 aromatic rings. The van der Waals surface area contributed by atoms with E-state index in [1.807, 2.05) is 0 Å². The Morgan fingerprint density at radius 3 is 1.75 bits per heavy atom. The molecule has 0 aromatic carbocycles. The summed E-state index contributed by atoms with van der Waals surface area (Å²) in [5, 5.41) is 2.13. The van der Waals surface area contributed by atoms with E-state index in [1.165, 1.54) is 0 Å². The van der Waals surface area contributed by atoms with Crippen molar-refractivity contribution in [1.82, 2.24) is 5.32 Å². The number of hydrogen-bond acceptors (Lipinski definition) is 1. The molecule has 1 N–H and O–H groups in total. The Kier molecular flexibility index (Phi) is 5.09. The van der Waals surface area contributed by atoms with Crippen molar-refractivity contribution in [3.63, 3.8) is 0 Å². The summed E-state index contributed by atoms with van der Waals surface area (Å²) in [5.41, 5.74) is 0. The number of amides is 1. The quantitative estimate of drug-likeness (QED) is 0.740. The zero-order chi connectivity index (χ0) is 9.99. The summed E-state index contributed by atoms with van der Waals surface area (Å²) in [6.07, 6.45) is 0. The maximum atomic E-state index is 10.8. The average Bonchev–Trinajstić information content (AvgIpc) is 1.78. The number of carbonyl (C=O) groups is 1. The fourth-order valence-electron chi connectivity index (χ4n) is 0.281. The van der Waals surface area contributed by atoms with Crippen LogP contribution in [0.2, 0.25) is 0 Å². The van der Waals surface area contributed by atoms with Gasteiger partial charge in [-0.05, 0) is 0 Å². The van der Waals surface area contributed by atoms with Crippen LogP contribution in [0.25, 0.3) is 0 Å². The van der Waals surface area contributed by atoms with Crippen molar-refractivity contribution in [2.45, 2.75) is 7.59 Å². The van der Waals surface area contributed by atoms with Gasteiger partial charge in [-0.3, -0.25) is 4.79 Å². The summed E-state index contributed by atoms with van der Waals surface area (Å²) in [4.78, 5) is 10.8. The van der Waals surface area contributed by atoms with E-state index < -0.39 is 13.5 Å². The van der Waals surface area contributed by atoms with Crippen LogP contribution in [0.1, 0.15) is 0 Å². The van der Waals surface area contributed by atoms with Gasteiger partial charge < -0.3 is 5.32 Å². The molecule has 0 aromatic heterocycles. The Bertz CT molecular complexity index is 169. The lowest BCUT2D eigenvalue weighted by atomic mass is 10.6. The number of rotatable bonds is 1. The Balaban J connectivity index is 3.90. The van der Waals surface area contributed by atoms with Crippen molar-refractivity contribution in [1.29, 1.82) is 0 Å². The van der Waals surface area contributed by atoms with Gasteiger partial charge in [-0.25, -0.2) is 0 Å². The Labute approximate surface area is 99.4 Å². The number of hydrogen-bond donors (Lipinski definition) is 1. The standard InChI is InChI=1S/C4H3Cl6NO/c5-3(6,7)1-11-2(12)4(8,9)10/h1H2,(H,11,12). The molecule has 0 aliphatic heterocycles. The van der Waals surface area contributed by atoms with Crippen molar-refractivity contribution < 1.29 is 4.79 Å². The zero-order valence-corrected chi connectivity index (χ0v) is 9.92. The fourth-order valence-corrected chi connectivity index (χ4v) is 0.682. The molecule has 0 atom stereocenters. The molecule has 0 fully saturated rings. The smallest absolute Gasteiger partial charge is 0.272 e. The maximum absolute atomic E-state index is 10.8. The van der Waals surface area contributed by atoms with E-state index >= 15 is 0 Å². The molecule has 0 unspecified atom stereocenters. The highest BCUT2D eigenvalue weighted by molar-refractivity contribution is 6.76. The summed E-state index contributed by atoms with van der Waals surface area (Å²) in [5.74, 6) is -0.834. The first-order valence-corrected chi connectivity index (χ1v) is 4.81. The van der Waals surface area contributed by atoms with Crippen molar-refractivity contribution in [3.05, 3.63) is 0 Å². The molecule has 72 valence electrons. The summed E-state index contributed by atoms with van der Waals surface area (Å²) in [7, 11) is 0. The lowest BCUT2D eigenvalue weighted by molar-refractivity contribution is -0.120. The van der Waals surface area contributed by atoms with E-state index in [0.29, 0.717) is 0 Å². The molecule has 12 heavy (non-hydrogen) atoms. The van der Waals surface area contributed by atoms with Crippen LogP contribution in [0.5, 0.6) is 0 Å². The highest BCUT2D eigenvalue weighted by Gasteiger charge is 2.32. The molecule has 0 aliphatic carbocycles. The van der Waals surface area contributed by atoms with E-state index in [2.05, 4.69) is 5.32 Å². The molecule has 0 saturated heterocycles. The van der Waals surface area contributed by atoms with Crippen LogP contribution in [0.15, 0.2) is 0 Å². The molecule has 0 radical (unpaired) electrons. The van der Waals surface area contributed by atoms with Crippen molar-refractivity contribution in [2.24, 2.45) is 0 Å². The minimum Gasteiger partial charge on any atom is -0.348 e. The van der Waals surface area contributed by atoms with Gasteiger partial charge in [-0.15, -0.1) is 0 Å². The first-order valence-electron chi connectivity index (χ1n) is 2.55. The van der Waals surface area contributed by atoms with Crippen LogP contribution in [0, 0.1) is 0 Å². The van der Waals surface area contributed by atoms with Gasteiger partial charge >= 0.3 is 0 Å². The predicted octanol–water partition coefficient (Wildman–Crippen LogP) is 2.84. The van der Waals surface area contributed by atoms with E-state index in [4.69, 9.17) is 69.6 Å². The zero-order valence-electron chi connectivity index (χ0n) is 5.38. The van der Waals surface area contributed by atoms with Crippen molar-refractivity contribution in [3.8, 4) is 0 Å². The van der Waals surface area contributed by atoms with E-state index in [1.54, 1.807) is 0 Å². The number of carbonyl (C=O) groups excluding carboxylic acids is 1. The molecule has 0 rings (SSSR count). The lowest BCUT2D eigenvalue weighted by Crippen LogP contribution is -2.39. The Morgan fingerprint density at radius 2 is 1.50 bits per heavy atom. The highest BCUT2D eigenvalue weighted by atomic mass is 35.6. The average molecular weight is 294 g/mol. The summed E-state index contributed by atoms with van der Waals surface area (Å²) < 4.78 is -3.62. The third kappa shape index (κ3) is 6.70. The topological polar surface area (TPSA) is 29.1 Å². The molecule has 0 aliphatic rings. The van der Waals surface area contributed by atoms with Gasteiger partial charge in [-0.2, -0.15) is 0 Å². The monoisotopic (exact) mass is 291 g/mol. The summed E-state index contributed by atoms with van der Waals surface area (Å²) in [6.45, 7) is -0.218. The Hall–Kier alpha value is 1.21. The van der Waals surface area contributed by atoms with Gasteiger partial charge in [0.2, 0.25) is 3.79 Å².